The summed E-state index contributed by atoms with van der Waals surface area (Å²) in [6, 6.07) is 17.1. The quantitative estimate of drug-likeness (QED) is 0.649. The molecular formula is C19H19N2+. The molecular weight excluding hydrogens is 256 g/mol. The SMILES string of the molecule is Cc1cc(-c2ccccc2)ccc1-c1c(C)ncc[n+]1C. The molecule has 0 aliphatic heterocycles. The molecule has 0 aliphatic carbocycles. The van der Waals surface area contributed by atoms with Crippen LogP contribution in [0.1, 0.15) is 11.3 Å². The molecule has 2 aromatic carbocycles. The van der Waals surface area contributed by atoms with Crippen molar-refractivity contribution >= 4 is 0 Å². The molecule has 2 nitrogen and oxygen atoms in total. The molecule has 0 saturated carbocycles. The Bertz CT molecular complexity index is 757. The van der Waals surface area contributed by atoms with E-state index in [1.165, 1.54) is 27.9 Å². The van der Waals surface area contributed by atoms with Gasteiger partial charge in [0.25, 0.3) is 0 Å². The van der Waals surface area contributed by atoms with E-state index in [-0.39, 0.29) is 0 Å². The Hall–Kier alpha value is -2.48. The van der Waals surface area contributed by atoms with Crippen LogP contribution in [-0.2, 0) is 7.05 Å². The van der Waals surface area contributed by atoms with Gasteiger partial charge < -0.3 is 0 Å². The standard InChI is InChI=1S/C19H19N2/c1-14-13-17(16-7-5-4-6-8-16)9-10-18(14)19-15(2)20-11-12-21(19)3/h4-13H,1-3H3/q+1. The number of nitrogens with zero attached hydrogens (tertiary/aromatic N) is 2. The lowest BCUT2D eigenvalue weighted by molar-refractivity contribution is -0.661. The van der Waals surface area contributed by atoms with Crippen molar-refractivity contribution in [1.82, 2.24) is 4.98 Å². The first kappa shape index (κ1) is 13.5. The molecule has 0 bridgehead atoms. The van der Waals surface area contributed by atoms with E-state index in [1.807, 2.05) is 18.5 Å². The summed E-state index contributed by atoms with van der Waals surface area (Å²) in [5, 5.41) is 0. The second kappa shape index (κ2) is 5.49. The van der Waals surface area contributed by atoms with Gasteiger partial charge in [-0.15, -0.1) is 0 Å². The smallest absolute Gasteiger partial charge is 0.233 e. The van der Waals surface area contributed by atoms with E-state index < -0.39 is 0 Å². The van der Waals surface area contributed by atoms with Gasteiger partial charge in [0.1, 0.15) is 12.7 Å². The van der Waals surface area contributed by atoms with Gasteiger partial charge in [-0.3, -0.25) is 0 Å². The third-order valence-electron chi connectivity index (χ3n) is 3.84. The molecule has 0 unspecified atom stereocenters. The number of rotatable bonds is 2. The Kier molecular flexibility index (Phi) is 3.53. The molecule has 1 aromatic heterocycles. The zero-order valence-corrected chi connectivity index (χ0v) is 12.7. The Morgan fingerprint density at radius 2 is 1.67 bits per heavy atom. The van der Waals surface area contributed by atoms with E-state index in [9.17, 15) is 0 Å². The summed E-state index contributed by atoms with van der Waals surface area (Å²) in [7, 11) is 2.06. The summed E-state index contributed by atoms with van der Waals surface area (Å²) in [6.45, 7) is 4.22. The number of benzene rings is 2. The van der Waals surface area contributed by atoms with Gasteiger partial charge >= 0.3 is 0 Å². The molecule has 0 radical (unpaired) electrons. The van der Waals surface area contributed by atoms with Crippen molar-refractivity contribution in [3.63, 3.8) is 0 Å². The normalized spacial score (nSPS) is 10.6. The van der Waals surface area contributed by atoms with Crippen molar-refractivity contribution in [2.45, 2.75) is 13.8 Å². The fourth-order valence-electron chi connectivity index (χ4n) is 2.76. The molecule has 0 fully saturated rings. The first-order valence-corrected chi connectivity index (χ1v) is 7.14. The molecule has 0 atom stereocenters. The summed E-state index contributed by atoms with van der Waals surface area (Å²) < 4.78 is 2.13. The summed E-state index contributed by atoms with van der Waals surface area (Å²) in [4.78, 5) is 4.42. The maximum Gasteiger partial charge on any atom is 0.233 e. The third kappa shape index (κ3) is 2.57. The van der Waals surface area contributed by atoms with Gasteiger partial charge in [-0.1, -0.05) is 42.5 Å². The Labute approximate surface area is 125 Å². The number of hydrogen-bond donors (Lipinski definition) is 0. The second-order valence-corrected chi connectivity index (χ2v) is 5.37. The highest BCUT2D eigenvalue weighted by atomic mass is 15.0. The third-order valence-corrected chi connectivity index (χ3v) is 3.84. The van der Waals surface area contributed by atoms with Crippen LogP contribution in [0.3, 0.4) is 0 Å². The Balaban J connectivity index is 2.11. The van der Waals surface area contributed by atoms with Crippen LogP contribution < -0.4 is 4.57 Å². The van der Waals surface area contributed by atoms with Crippen molar-refractivity contribution in [2.24, 2.45) is 7.05 Å². The molecule has 0 saturated heterocycles. The minimum Gasteiger partial charge on any atom is -0.248 e. The average Bonchev–Trinajstić information content (AvgIpc) is 2.49. The molecule has 3 aromatic rings. The van der Waals surface area contributed by atoms with Gasteiger partial charge in [0.15, 0.2) is 6.20 Å². The van der Waals surface area contributed by atoms with Crippen LogP contribution >= 0.6 is 0 Å². The van der Waals surface area contributed by atoms with Gasteiger partial charge in [0.2, 0.25) is 5.69 Å². The van der Waals surface area contributed by atoms with Crippen molar-refractivity contribution in [3.05, 3.63) is 72.2 Å². The van der Waals surface area contributed by atoms with E-state index in [0.717, 1.165) is 5.69 Å². The van der Waals surface area contributed by atoms with E-state index in [2.05, 4.69) is 72.9 Å². The second-order valence-electron chi connectivity index (χ2n) is 5.37. The lowest BCUT2D eigenvalue weighted by Crippen LogP contribution is -2.32. The van der Waals surface area contributed by atoms with E-state index in [1.54, 1.807) is 0 Å². The van der Waals surface area contributed by atoms with Gasteiger partial charge in [-0.25, -0.2) is 4.98 Å². The molecule has 1 heterocycles. The van der Waals surface area contributed by atoms with Gasteiger partial charge in [0, 0.05) is 0 Å². The maximum atomic E-state index is 4.42. The molecule has 21 heavy (non-hydrogen) atoms. The maximum absolute atomic E-state index is 4.42. The van der Waals surface area contributed by atoms with Crippen LogP contribution in [0, 0.1) is 13.8 Å². The van der Waals surface area contributed by atoms with Gasteiger partial charge in [-0.05, 0) is 36.6 Å². The molecule has 0 N–H and O–H groups in total. The zero-order chi connectivity index (χ0) is 14.8. The van der Waals surface area contributed by atoms with E-state index >= 15 is 0 Å². The average molecular weight is 275 g/mol. The van der Waals surface area contributed by atoms with Crippen LogP contribution in [0.4, 0.5) is 0 Å². The highest BCUT2D eigenvalue weighted by molar-refractivity contribution is 5.71. The molecule has 0 amide bonds. The number of aromatic nitrogens is 2. The zero-order valence-electron chi connectivity index (χ0n) is 12.7. The lowest BCUT2D eigenvalue weighted by Gasteiger charge is -2.09. The van der Waals surface area contributed by atoms with Crippen molar-refractivity contribution in [2.75, 3.05) is 0 Å². The number of aryl methyl sites for hydroxylation is 3. The van der Waals surface area contributed by atoms with Crippen LogP contribution in [0.2, 0.25) is 0 Å². The van der Waals surface area contributed by atoms with Crippen molar-refractivity contribution < 1.29 is 4.57 Å². The predicted octanol–water partition coefficient (Wildman–Crippen LogP) is 3.86. The van der Waals surface area contributed by atoms with E-state index in [0.29, 0.717) is 0 Å². The van der Waals surface area contributed by atoms with E-state index in [4.69, 9.17) is 0 Å². The predicted molar refractivity (Wildman–Crippen MR) is 85.8 cm³/mol. The summed E-state index contributed by atoms with van der Waals surface area (Å²) in [5.74, 6) is 0. The van der Waals surface area contributed by atoms with Crippen LogP contribution in [0.25, 0.3) is 22.4 Å². The first-order chi connectivity index (χ1) is 10.2. The van der Waals surface area contributed by atoms with Crippen molar-refractivity contribution in [3.8, 4) is 22.4 Å². The Morgan fingerprint density at radius 1 is 0.905 bits per heavy atom. The lowest BCUT2D eigenvalue weighted by atomic mass is 9.97. The molecule has 3 rings (SSSR count). The number of hydrogen-bond acceptors (Lipinski definition) is 1. The van der Waals surface area contributed by atoms with Gasteiger partial charge in [0.05, 0.1) is 11.8 Å². The molecule has 0 aliphatic rings. The van der Waals surface area contributed by atoms with Crippen LogP contribution in [0.5, 0.6) is 0 Å². The first-order valence-electron chi connectivity index (χ1n) is 7.14. The highest BCUT2D eigenvalue weighted by Crippen LogP contribution is 2.27. The highest BCUT2D eigenvalue weighted by Gasteiger charge is 2.16. The van der Waals surface area contributed by atoms with Gasteiger partial charge in [-0.2, -0.15) is 4.57 Å². The molecule has 2 heteroatoms. The topological polar surface area (TPSA) is 16.8 Å². The fourth-order valence-corrected chi connectivity index (χ4v) is 2.76. The summed E-state index contributed by atoms with van der Waals surface area (Å²) in [5.41, 5.74) is 7.23. The minimum absolute atomic E-state index is 1.05. The summed E-state index contributed by atoms with van der Waals surface area (Å²) >= 11 is 0. The van der Waals surface area contributed by atoms with Crippen molar-refractivity contribution in [1.29, 1.82) is 0 Å². The van der Waals surface area contributed by atoms with Crippen LogP contribution in [0.15, 0.2) is 60.9 Å². The molecule has 104 valence electrons. The van der Waals surface area contributed by atoms with Crippen LogP contribution in [-0.4, -0.2) is 4.98 Å². The fraction of sp³-hybridized carbons (Fsp3) is 0.158. The molecule has 0 spiro atoms. The Morgan fingerprint density at radius 3 is 2.33 bits per heavy atom. The minimum atomic E-state index is 1.05. The monoisotopic (exact) mass is 275 g/mol. The largest absolute Gasteiger partial charge is 0.248 e. The summed E-state index contributed by atoms with van der Waals surface area (Å²) in [6.07, 6.45) is 3.83.